The highest BCUT2D eigenvalue weighted by Crippen LogP contribution is 2.79. The Morgan fingerprint density at radius 2 is 1.62 bits per heavy atom. The fraction of sp³-hybridized carbons (Fsp3) is 0.647. The van der Waals surface area contributed by atoms with Crippen molar-refractivity contribution in [1.29, 1.82) is 0 Å². The van der Waals surface area contributed by atoms with E-state index in [9.17, 15) is 8.42 Å². The lowest BCUT2D eigenvalue weighted by molar-refractivity contribution is -0.269. The Morgan fingerprint density at radius 3 is 2.10 bits per heavy atom. The second-order valence-electron chi connectivity index (χ2n) is 8.09. The molecule has 1 aromatic rings. The molecule has 1 aromatic carbocycles. The van der Waals surface area contributed by atoms with E-state index < -0.39 is 10.1 Å². The van der Waals surface area contributed by atoms with Gasteiger partial charge in [-0.15, -0.1) is 0 Å². The van der Waals surface area contributed by atoms with Crippen LogP contribution in [0.5, 0.6) is 0 Å². The Balaban J connectivity index is 1.61. The molecule has 4 heteroatoms. The molecule has 0 saturated heterocycles. The first kappa shape index (κ1) is 15.0. The first-order chi connectivity index (χ1) is 9.58. The van der Waals surface area contributed by atoms with Gasteiger partial charge in [-0.2, -0.15) is 8.42 Å². The van der Waals surface area contributed by atoms with Crippen LogP contribution in [0, 0.1) is 23.2 Å². The summed E-state index contributed by atoms with van der Waals surface area (Å²) in [6, 6.07) is 6.82. The highest BCUT2D eigenvalue weighted by molar-refractivity contribution is 7.86. The molecule has 3 saturated carbocycles. The molecular weight excluding hydrogens is 284 g/mol. The van der Waals surface area contributed by atoms with Gasteiger partial charge in [0.05, 0.1) is 11.5 Å². The molecule has 0 aliphatic heterocycles. The molecule has 2 bridgehead atoms. The van der Waals surface area contributed by atoms with Gasteiger partial charge in [0.25, 0.3) is 10.1 Å². The van der Waals surface area contributed by atoms with Gasteiger partial charge in [0.2, 0.25) is 0 Å². The van der Waals surface area contributed by atoms with Crippen LogP contribution in [0.3, 0.4) is 0 Å². The summed E-state index contributed by atoms with van der Waals surface area (Å²) in [6.45, 7) is 9.10. The van der Waals surface area contributed by atoms with Crippen molar-refractivity contribution in [2.24, 2.45) is 16.2 Å². The molecule has 3 aliphatic rings. The summed E-state index contributed by atoms with van der Waals surface area (Å²) >= 11 is 0. The maximum absolute atomic E-state index is 12.2. The van der Waals surface area contributed by atoms with E-state index >= 15 is 0 Å². The SMILES string of the molecule is Cc1ccc(S(=O)(=O)OCC23CC(C(C)(C)C)(C2)C3)cc1. The fourth-order valence-electron chi connectivity index (χ4n) is 3.92. The smallest absolute Gasteiger partial charge is 0.266 e. The van der Waals surface area contributed by atoms with Gasteiger partial charge < -0.3 is 0 Å². The van der Waals surface area contributed by atoms with Crippen molar-refractivity contribution in [3.05, 3.63) is 29.8 Å². The third kappa shape index (κ3) is 2.33. The topological polar surface area (TPSA) is 43.4 Å². The maximum atomic E-state index is 12.2. The second-order valence-corrected chi connectivity index (χ2v) is 9.71. The van der Waals surface area contributed by atoms with Crippen molar-refractivity contribution in [2.75, 3.05) is 6.61 Å². The molecule has 0 N–H and O–H groups in total. The summed E-state index contributed by atoms with van der Waals surface area (Å²) in [4.78, 5) is 0.255. The zero-order chi connectivity index (χ0) is 15.5. The molecule has 3 fully saturated rings. The van der Waals surface area contributed by atoms with Crippen LogP contribution in [0.15, 0.2) is 29.2 Å². The summed E-state index contributed by atoms with van der Waals surface area (Å²) < 4.78 is 29.7. The second kappa shape index (κ2) is 4.32. The summed E-state index contributed by atoms with van der Waals surface area (Å²) in [5, 5.41) is 0. The van der Waals surface area contributed by atoms with Crippen molar-refractivity contribution in [3.8, 4) is 0 Å². The van der Waals surface area contributed by atoms with Crippen LogP contribution in [0.2, 0.25) is 0 Å². The van der Waals surface area contributed by atoms with Crippen molar-refractivity contribution >= 4 is 10.1 Å². The molecule has 0 unspecified atom stereocenters. The Bertz CT molecular complexity index is 630. The minimum Gasteiger partial charge on any atom is -0.266 e. The number of aryl methyl sites for hydroxylation is 1. The normalized spacial score (nSPS) is 31.4. The summed E-state index contributed by atoms with van der Waals surface area (Å²) in [5.74, 6) is 0. The average molecular weight is 308 g/mol. The monoisotopic (exact) mass is 308 g/mol. The number of benzene rings is 1. The number of rotatable bonds is 4. The van der Waals surface area contributed by atoms with Crippen molar-refractivity contribution in [2.45, 2.75) is 51.9 Å². The minimum absolute atomic E-state index is 0.116. The lowest BCUT2D eigenvalue weighted by atomic mass is 9.29. The van der Waals surface area contributed by atoms with E-state index in [1.165, 1.54) is 0 Å². The van der Waals surface area contributed by atoms with Crippen LogP contribution in [-0.4, -0.2) is 15.0 Å². The molecule has 0 aromatic heterocycles. The van der Waals surface area contributed by atoms with Crippen molar-refractivity contribution < 1.29 is 12.6 Å². The summed E-state index contributed by atoms with van der Waals surface area (Å²) in [7, 11) is -3.62. The Labute approximate surface area is 127 Å². The van der Waals surface area contributed by atoms with Gasteiger partial charge in [0, 0.05) is 0 Å². The Morgan fingerprint density at radius 1 is 1.10 bits per heavy atom. The number of hydrogen-bond acceptors (Lipinski definition) is 3. The van der Waals surface area contributed by atoms with Crippen molar-refractivity contribution in [3.63, 3.8) is 0 Å². The van der Waals surface area contributed by atoms with Crippen LogP contribution < -0.4 is 0 Å². The minimum atomic E-state index is -3.62. The molecule has 116 valence electrons. The van der Waals surface area contributed by atoms with E-state index in [0.29, 0.717) is 17.4 Å². The summed E-state index contributed by atoms with van der Waals surface area (Å²) in [5.41, 5.74) is 1.89. The number of hydrogen-bond donors (Lipinski definition) is 0. The molecule has 0 radical (unpaired) electrons. The van der Waals surface area contributed by atoms with Gasteiger partial charge >= 0.3 is 0 Å². The lowest BCUT2D eigenvalue weighted by Crippen LogP contribution is -2.68. The van der Waals surface area contributed by atoms with Crippen molar-refractivity contribution in [1.82, 2.24) is 0 Å². The predicted octanol–water partition coefficient (Wildman–Crippen LogP) is 3.92. The highest BCUT2D eigenvalue weighted by atomic mass is 32.2. The molecule has 0 atom stereocenters. The van der Waals surface area contributed by atoms with Gasteiger partial charge in [-0.05, 0) is 54.6 Å². The molecule has 0 spiro atoms. The predicted molar refractivity (Wildman–Crippen MR) is 82.5 cm³/mol. The third-order valence-electron chi connectivity index (χ3n) is 5.56. The van der Waals surface area contributed by atoms with Gasteiger partial charge in [0.15, 0.2) is 0 Å². The van der Waals surface area contributed by atoms with E-state index in [1.807, 2.05) is 6.92 Å². The Kier molecular flexibility index (Phi) is 3.10. The van der Waals surface area contributed by atoms with E-state index in [-0.39, 0.29) is 10.3 Å². The van der Waals surface area contributed by atoms with Gasteiger partial charge in [-0.1, -0.05) is 38.5 Å². The molecule has 3 nitrogen and oxygen atoms in total. The first-order valence-electron chi connectivity index (χ1n) is 7.54. The molecule has 0 amide bonds. The van der Waals surface area contributed by atoms with E-state index in [4.69, 9.17) is 4.18 Å². The van der Waals surface area contributed by atoms with E-state index in [1.54, 1.807) is 24.3 Å². The standard InChI is InChI=1S/C17H24O3S/c1-13-5-7-14(8-6-13)21(18,19)20-12-16-9-17(10-16,11-16)15(2,3)4/h5-8H,9-12H2,1-4H3. The molecule has 0 heterocycles. The maximum Gasteiger partial charge on any atom is 0.296 e. The van der Waals surface area contributed by atoms with Gasteiger partial charge in [0.1, 0.15) is 0 Å². The van der Waals surface area contributed by atoms with Crippen LogP contribution in [0.4, 0.5) is 0 Å². The molecule has 4 rings (SSSR count). The highest BCUT2D eigenvalue weighted by Gasteiger charge is 2.71. The zero-order valence-electron chi connectivity index (χ0n) is 13.3. The van der Waals surface area contributed by atoms with Crippen LogP contribution in [-0.2, 0) is 14.3 Å². The van der Waals surface area contributed by atoms with Crippen LogP contribution >= 0.6 is 0 Å². The summed E-state index contributed by atoms with van der Waals surface area (Å²) in [6.07, 6.45) is 3.31. The van der Waals surface area contributed by atoms with Crippen LogP contribution in [0.1, 0.15) is 45.6 Å². The lowest BCUT2D eigenvalue weighted by Gasteiger charge is -2.75. The fourth-order valence-corrected chi connectivity index (χ4v) is 4.93. The van der Waals surface area contributed by atoms with E-state index in [0.717, 1.165) is 24.8 Å². The molecule has 3 aliphatic carbocycles. The average Bonchev–Trinajstić information content (AvgIpc) is 2.23. The van der Waals surface area contributed by atoms with Crippen LogP contribution in [0.25, 0.3) is 0 Å². The largest absolute Gasteiger partial charge is 0.296 e. The quantitative estimate of drug-likeness (QED) is 0.792. The third-order valence-corrected chi connectivity index (χ3v) is 6.84. The molecular formula is C17H24O3S. The molecule has 21 heavy (non-hydrogen) atoms. The van der Waals surface area contributed by atoms with E-state index in [2.05, 4.69) is 20.8 Å². The van der Waals surface area contributed by atoms with Gasteiger partial charge in [-0.3, -0.25) is 4.18 Å². The Hall–Kier alpha value is -0.870. The zero-order valence-corrected chi connectivity index (χ0v) is 14.1. The first-order valence-corrected chi connectivity index (χ1v) is 8.95. The van der Waals surface area contributed by atoms with Gasteiger partial charge in [-0.25, -0.2) is 0 Å².